The molecule has 0 heterocycles. The van der Waals surface area contributed by atoms with E-state index < -0.39 is 5.91 Å². The fourth-order valence-corrected chi connectivity index (χ4v) is 2.62. The Morgan fingerprint density at radius 2 is 1.68 bits per heavy atom. The Balaban J connectivity index is 1.42. The maximum atomic E-state index is 11.9. The molecule has 0 aliphatic heterocycles. The maximum Gasteiger partial charge on any atom is 0.277 e. The number of hydrogen-bond acceptors (Lipinski definition) is 6. The minimum absolute atomic E-state index is 0.0490. The number of hydrazone groups is 1. The Labute approximate surface area is 180 Å². The Hall–Kier alpha value is -4.00. The third-order valence-corrected chi connectivity index (χ3v) is 4.13. The van der Waals surface area contributed by atoms with Crippen LogP contribution in [0.4, 0.5) is 0 Å². The minimum Gasteiger partial charge on any atom is -0.504 e. The average molecular weight is 420 g/mol. The largest absolute Gasteiger partial charge is 0.504 e. The summed E-state index contributed by atoms with van der Waals surface area (Å²) in [6.07, 6.45) is 1.46. The molecule has 3 aromatic carbocycles. The molecule has 0 aliphatic rings. The highest BCUT2D eigenvalue weighted by molar-refractivity contribution is 5.83. The number of aromatic hydroxyl groups is 1. The van der Waals surface area contributed by atoms with E-state index in [1.165, 1.54) is 12.3 Å². The molecule has 0 bridgehead atoms. The van der Waals surface area contributed by atoms with E-state index in [0.29, 0.717) is 36.0 Å². The molecule has 0 fully saturated rings. The van der Waals surface area contributed by atoms with Gasteiger partial charge in [-0.15, -0.1) is 0 Å². The first kappa shape index (κ1) is 21.7. The van der Waals surface area contributed by atoms with Crippen LogP contribution >= 0.6 is 0 Å². The predicted molar refractivity (Wildman–Crippen MR) is 118 cm³/mol. The average Bonchev–Trinajstić information content (AvgIpc) is 2.80. The van der Waals surface area contributed by atoms with Gasteiger partial charge in [-0.2, -0.15) is 5.10 Å². The van der Waals surface area contributed by atoms with Crippen molar-refractivity contribution in [1.82, 2.24) is 5.43 Å². The van der Waals surface area contributed by atoms with E-state index in [1.807, 2.05) is 37.3 Å². The molecule has 31 heavy (non-hydrogen) atoms. The number of rotatable bonds is 10. The summed E-state index contributed by atoms with van der Waals surface area (Å²) in [5.41, 5.74) is 4.15. The highest BCUT2D eigenvalue weighted by Crippen LogP contribution is 2.26. The zero-order valence-electron chi connectivity index (χ0n) is 17.2. The van der Waals surface area contributed by atoms with Crippen molar-refractivity contribution >= 4 is 12.1 Å². The van der Waals surface area contributed by atoms with Gasteiger partial charge in [0, 0.05) is 0 Å². The summed E-state index contributed by atoms with van der Waals surface area (Å²) in [4.78, 5) is 11.9. The summed E-state index contributed by atoms with van der Waals surface area (Å²) in [5, 5.41) is 13.6. The minimum atomic E-state index is -0.399. The van der Waals surface area contributed by atoms with Crippen LogP contribution in [-0.4, -0.2) is 30.4 Å². The number of nitrogens with one attached hydrogen (secondary N) is 1. The predicted octanol–water partition coefficient (Wildman–Crippen LogP) is 3.90. The molecule has 0 saturated heterocycles. The molecule has 0 saturated carbocycles. The first-order valence-electron chi connectivity index (χ1n) is 9.81. The van der Waals surface area contributed by atoms with Gasteiger partial charge in [0.15, 0.2) is 18.1 Å². The van der Waals surface area contributed by atoms with Gasteiger partial charge in [0.1, 0.15) is 18.1 Å². The molecule has 2 N–H and O–H groups in total. The van der Waals surface area contributed by atoms with Crippen LogP contribution in [0.25, 0.3) is 0 Å². The molecule has 0 aliphatic carbocycles. The highest BCUT2D eigenvalue weighted by Gasteiger charge is 2.04. The number of phenolic OH excluding ortho intramolecular Hbond substituents is 1. The van der Waals surface area contributed by atoms with Crippen molar-refractivity contribution in [1.29, 1.82) is 0 Å². The van der Waals surface area contributed by atoms with Crippen molar-refractivity contribution in [2.75, 3.05) is 13.2 Å². The summed E-state index contributed by atoms with van der Waals surface area (Å²) in [5.74, 6) is 1.27. The molecule has 0 radical (unpaired) electrons. The van der Waals surface area contributed by atoms with Gasteiger partial charge < -0.3 is 19.3 Å². The number of nitrogens with zero attached hydrogens (tertiary/aromatic N) is 1. The maximum absolute atomic E-state index is 11.9. The van der Waals surface area contributed by atoms with E-state index >= 15 is 0 Å². The van der Waals surface area contributed by atoms with Gasteiger partial charge in [-0.25, -0.2) is 5.43 Å². The summed E-state index contributed by atoms with van der Waals surface area (Å²) < 4.78 is 16.5. The molecule has 7 heteroatoms. The van der Waals surface area contributed by atoms with Gasteiger partial charge in [-0.3, -0.25) is 4.79 Å². The van der Waals surface area contributed by atoms with Gasteiger partial charge in [-0.1, -0.05) is 30.3 Å². The van der Waals surface area contributed by atoms with Crippen molar-refractivity contribution in [3.05, 3.63) is 83.9 Å². The number of amides is 1. The van der Waals surface area contributed by atoms with Crippen LogP contribution < -0.4 is 19.6 Å². The van der Waals surface area contributed by atoms with Gasteiger partial charge in [0.2, 0.25) is 0 Å². The molecule has 3 aromatic rings. The lowest BCUT2D eigenvalue weighted by atomic mass is 10.2. The zero-order valence-corrected chi connectivity index (χ0v) is 17.2. The van der Waals surface area contributed by atoms with Crippen LogP contribution in [0, 0.1) is 0 Å². The van der Waals surface area contributed by atoms with E-state index in [-0.39, 0.29) is 12.4 Å². The smallest absolute Gasteiger partial charge is 0.277 e. The molecule has 3 rings (SSSR count). The van der Waals surface area contributed by atoms with Gasteiger partial charge in [-0.05, 0) is 60.5 Å². The van der Waals surface area contributed by atoms with Crippen LogP contribution in [0.3, 0.4) is 0 Å². The lowest BCUT2D eigenvalue weighted by molar-refractivity contribution is -0.123. The first-order valence-corrected chi connectivity index (χ1v) is 9.81. The second-order valence-electron chi connectivity index (χ2n) is 6.49. The van der Waals surface area contributed by atoms with Crippen molar-refractivity contribution in [2.24, 2.45) is 5.10 Å². The Bertz CT molecular complexity index is 1000. The summed E-state index contributed by atoms with van der Waals surface area (Å²) >= 11 is 0. The van der Waals surface area contributed by atoms with Crippen LogP contribution in [0.5, 0.6) is 23.0 Å². The number of phenols is 1. The third-order valence-electron chi connectivity index (χ3n) is 4.13. The zero-order chi connectivity index (χ0) is 21.9. The third kappa shape index (κ3) is 7.08. The topological polar surface area (TPSA) is 89.4 Å². The normalized spacial score (nSPS) is 10.6. The molecule has 160 valence electrons. The Kier molecular flexibility index (Phi) is 7.88. The van der Waals surface area contributed by atoms with Gasteiger partial charge in [0.05, 0.1) is 12.8 Å². The van der Waals surface area contributed by atoms with Crippen molar-refractivity contribution in [3.63, 3.8) is 0 Å². The lowest BCUT2D eigenvalue weighted by Crippen LogP contribution is -2.24. The number of carbonyl (C=O) groups excluding carboxylic acids is 1. The summed E-state index contributed by atoms with van der Waals surface area (Å²) in [6, 6.07) is 21.7. The number of hydrogen-bond donors (Lipinski definition) is 2. The number of carbonyl (C=O) groups is 1. The second-order valence-corrected chi connectivity index (χ2v) is 6.49. The Morgan fingerprint density at radius 1 is 0.968 bits per heavy atom. The summed E-state index contributed by atoms with van der Waals surface area (Å²) in [6.45, 7) is 2.56. The monoisotopic (exact) mass is 420 g/mol. The fourth-order valence-electron chi connectivity index (χ4n) is 2.62. The molecule has 1 amide bonds. The van der Waals surface area contributed by atoms with Crippen LogP contribution in [-0.2, 0) is 11.4 Å². The van der Waals surface area contributed by atoms with E-state index in [1.54, 1.807) is 36.4 Å². The lowest BCUT2D eigenvalue weighted by Gasteiger charge is -2.08. The first-order chi connectivity index (χ1) is 15.1. The molecule has 7 nitrogen and oxygen atoms in total. The van der Waals surface area contributed by atoms with Gasteiger partial charge in [0.25, 0.3) is 5.91 Å². The quantitative estimate of drug-likeness (QED) is 0.384. The van der Waals surface area contributed by atoms with Gasteiger partial charge >= 0.3 is 0 Å². The van der Waals surface area contributed by atoms with E-state index in [2.05, 4.69) is 10.5 Å². The fraction of sp³-hybridized carbons (Fsp3) is 0.167. The van der Waals surface area contributed by atoms with Crippen LogP contribution in [0.2, 0.25) is 0 Å². The number of benzene rings is 3. The molecular weight excluding hydrogens is 396 g/mol. The summed E-state index contributed by atoms with van der Waals surface area (Å²) in [7, 11) is 0. The molecule has 0 spiro atoms. The number of ether oxygens (including phenoxy) is 3. The van der Waals surface area contributed by atoms with E-state index in [4.69, 9.17) is 14.2 Å². The highest BCUT2D eigenvalue weighted by atomic mass is 16.5. The van der Waals surface area contributed by atoms with E-state index in [9.17, 15) is 9.90 Å². The molecular formula is C24H24N2O5. The van der Waals surface area contributed by atoms with Crippen molar-refractivity contribution < 1.29 is 24.1 Å². The Morgan fingerprint density at radius 3 is 2.39 bits per heavy atom. The van der Waals surface area contributed by atoms with Crippen molar-refractivity contribution in [3.8, 4) is 23.0 Å². The molecule has 0 aromatic heterocycles. The van der Waals surface area contributed by atoms with Crippen LogP contribution in [0.1, 0.15) is 18.1 Å². The molecule has 0 unspecified atom stereocenters. The second kappa shape index (κ2) is 11.3. The van der Waals surface area contributed by atoms with Crippen molar-refractivity contribution in [2.45, 2.75) is 13.5 Å². The standard InChI is InChI=1S/C24H24N2O5/c1-2-29-23-14-19(8-13-22(23)27)15-25-26-24(28)17-31-21-11-9-20(10-12-21)30-16-18-6-4-3-5-7-18/h3-15,27H,2,16-17H2,1H3,(H,26,28)/b25-15+. The van der Waals surface area contributed by atoms with Crippen LogP contribution in [0.15, 0.2) is 77.9 Å². The molecule has 0 atom stereocenters. The van der Waals surface area contributed by atoms with E-state index in [0.717, 1.165) is 5.56 Å². The SMILES string of the molecule is CCOc1cc(/C=N/NC(=O)COc2ccc(OCc3ccccc3)cc2)ccc1O.